The lowest BCUT2D eigenvalue weighted by Crippen LogP contribution is -2.34. The molecule has 1 aromatic heterocycles. The van der Waals surface area contributed by atoms with E-state index in [0.717, 1.165) is 4.90 Å². The van der Waals surface area contributed by atoms with Crippen molar-refractivity contribution >= 4 is 11.9 Å². The zero-order valence-electron chi connectivity index (χ0n) is 12.6. The summed E-state index contributed by atoms with van der Waals surface area (Å²) in [5, 5.41) is 19.6. The van der Waals surface area contributed by atoms with Crippen molar-refractivity contribution in [2.75, 3.05) is 13.1 Å². The standard InChI is InChI=1S/C14H12F3N5O3/c15-14(16,17)11-6-21(5-10(11)13(24)25)12(23)8-1-3-9(4-2-8)22-7-18-19-20-22/h1-4,7,10-11H,5-6H2,(H,24,25)/t10-,11-/m1/s1. The van der Waals surface area contributed by atoms with E-state index in [0.29, 0.717) is 5.69 Å². The number of carbonyl (C=O) groups excluding carboxylic acids is 1. The van der Waals surface area contributed by atoms with Gasteiger partial charge in [-0.05, 0) is 34.7 Å². The molecule has 3 rings (SSSR count). The molecule has 8 nitrogen and oxygen atoms in total. The van der Waals surface area contributed by atoms with Gasteiger partial charge in [0.1, 0.15) is 6.33 Å². The molecular formula is C14H12F3N5O3. The third kappa shape index (κ3) is 3.30. The minimum atomic E-state index is -4.68. The summed E-state index contributed by atoms with van der Waals surface area (Å²) in [6.45, 7) is -1.15. The molecule has 11 heteroatoms. The molecule has 1 saturated heterocycles. The average Bonchev–Trinajstić information content (AvgIpc) is 3.23. The van der Waals surface area contributed by atoms with E-state index in [4.69, 9.17) is 5.11 Å². The summed E-state index contributed by atoms with van der Waals surface area (Å²) in [5.74, 6) is -5.95. The zero-order valence-corrected chi connectivity index (χ0v) is 12.6. The van der Waals surface area contributed by atoms with Crippen LogP contribution in [0.4, 0.5) is 13.2 Å². The molecule has 2 heterocycles. The molecular weight excluding hydrogens is 343 g/mol. The number of halogens is 3. The smallest absolute Gasteiger partial charge is 0.394 e. The second-order valence-corrected chi connectivity index (χ2v) is 5.60. The highest BCUT2D eigenvalue weighted by Crippen LogP contribution is 2.38. The molecule has 1 aliphatic heterocycles. The van der Waals surface area contributed by atoms with Gasteiger partial charge in [-0.15, -0.1) is 5.10 Å². The van der Waals surface area contributed by atoms with Crippen molar-refractivity contribution in [3.8, 4) is 5.69 Å². The van der Waals surface area contributed by atoms with Crippen LogP contribution >= 0.6 is 0 Å². The Morgan fingerprint density at radius 1 is 1.16 bits per heavy atom. The maximum atomic E-state index is 13.0. The van der Waals surface area contributed by atoms with Crippen molar-refractivity contribution in [2.24, 2.45) is 11.8 Å². The Balaban J connectivity index is 1.78. The first-order valence-corrected chi connectivity index (χ1v) is 7.19. The minimum Gasteiger partial charge on any atom is -0.481 e. The van der Waals surface area contributed by atoms with Crippen molar-refractivity contribution in [1.82, 2.24) is 25.1 Å². The fourth-order valence-corrected chi connectivity index (χ4v) is 2.77. The van der Waals surface area contributed by atoms with Gasteiger partial charge in [0.25, 0.3) is 5.91 Å². The number of carbonyl (C=O) groups is 2. The van der Waals surface area contributed by atoms with Crippen molar-refractivity contribution in [3.63, 3.8) is 0 Å². The van der Waals surface area contributed by atoms with Crippen LogP contribution in [0.25, 0.3) is 5.69 Å². The second kappa shape index (κ2) is 6.15. The molecule has 0 aliphatic carbocycles. The van der Waals surface area contributed by atoms with E-state index in [2.05, 4.69) is 15.5 Å². The molecule has 0 saturated carbocycles. The van der Waals surface area contributed by atoms with Crippen LogP contribution in [0.2, 0.25) is 0 Å². The maximum absolute atomic E-state index is 13.0. The van der Waals surface area contributed by atoms with Gasteiger partial charge >= 0.3 is 12.1 Å². The van der Waals surface area contributed by atoms with Crippen LogP contribution in [0.15, 0.2) is 30.6 Å². The summed E-state index contributed by atoms with van der Waals surface area (Å²) in [5.41, 5.74) is 0.725. The molecule has 2 aromatic rings. The maximum Gasteiger partial charge on any atom is 0.394 e. The topological polar surface area (TPSA) is 101 Å². The first-order chi connectivity index (χ1) is 11.8. The van der Waals surface area contributed by atoms with Crippen molar-refractivity contribution in [1.29, 1.82) is 0 Å². The van der Waals surface area contributed by atoms with Crippen LogP contribution in [0, 0.1) is 11.8 Å². The number of rotatable bonds is 3. The van der Waals surface area contributed by atoms with Crippen molar-refractivity contribution < 1.29 is 27.9 Å². The Bertz CT molecular complexity index is 776. The number of hydrogen-bond acceptors (Lipinski definition) is 5. The number of likely N-dealkylation sites (tertiary alicyclic amines) is 1. The van der Waals surface area contributed by atoms with Gasteiger partial charge in [0.15, 0.2) is 0 Å². The number of alkyl halides is 3. The van der Waals surface area contributed by atoms with E-state index in [1.54, 1.807) is 0 Å². The Morgan fingerprint density at radius 3 is 2.32 bits per heavy atom. The average molecular weight is 355 g/mol. The predicted molar refractivity (Wildman–Crippen MR) is 75.7 cm³/mol. The minimum absolute atomic E-state index is 0.156. The van der Waals surface area contributed by atoms with Crippen LogP contribution in [0.1, 0.15) is 10.4 Å². The Hall–Kier alpha value is -2.98. The second-order valence-electron chi connectivity index (χ2n) is 5.60. The van der Waals surface area contributed by atoms with E-state index in [1.807, 2.05) is 0 Å². The lowest BCUT2D eigenvalue weighted by atomic mass is 9.96. The van der Waals surface area contributed by atoms with Gasteiger partial charge in [0.2, 0.25) is 0 Å². The molecule has 2 atom stereocenters. The number of amides is 1. The summed E-state index contributed by atoms with van der Waals surface area (Å²) in [7, 11) is 0. The summed E-state index contributed by atoms with van der Waals surface area (Å²) in [6.07, 6.45) is -3.33. The molecule has 0 unspecified atom stereocenters. The van der Waals surface area contributed by atoms with Gasteiger partial charge in [-0.3, -0.25) is 9.59 Å². The largest absolute Gasteiger partial charge is 0.481 e. The van der Waals surface area contributed by atoms with E-state index in [9.17, 15) is 22.8 Å². The summed E-state index contributed by atoms with van der Waals surface area (Å²) in [4.78, 5) is 24.4. The van der Waals surface area contributed by atoms with E-state index in [-0.39, 0.29) is 5.56 Å². The van der Waals surface area contributed by atoms with Gasteiger partial charge in [-0.2, -0.15) is 13.2 Å². The van der Waals surface area contributed by atoms with Crippen LogP contribution in [0.5, 0.6) is 0 Å². The van der Waals surface area contributed by atoms with Crippen LogP contribution in [-0.2, 0) is 4.79 Å². The Morgan fingerprint density at radius 2 is 1.84 bits per heavy atom. The van der Waals surface area contributed by atoms with E-state index in [1.165, 1.54) is 35.3 Å². The molecule has 1 amide bonds. The number of carboxylic acids is 1. The van der Waals surface area contributed by atoms with E-state index >= 15 is 0 Å². The van der Waals surface area contributed by atoms with Crippen LogP contribution in [0.3, 0.4) is 0 Å². The Labute approximate surface area is 138 Å². The van der Waals surface area contributed by atoms with Crippen LogP contribution < -0.4 is 0 Å². The lowest BCUT2D eigenvalue weighted by Gasteiger charge is -2.18. The third-order valence-corrected chi connectivity index (χ3v) is 4.07. The summed E-state index contributed by atoms with van der Waals surface area (Å²) >= 11 is 0. The fourth-order valence-electron chi connectivity index (χ4n) is 2.77. The first kappa shape index (κ1) is 16.9. The molecule has 0 radical (unpaired) electrons. The number of tetrazole rings is 1. The SMILES string of the molecule is O=C(O)[C@@H]1CN(C(=O)c2ccc(-n3cnnn3)cc2)C[C@H]1C(F)(F)F. The monoisotopic (exact) mass is 355 g/mol. The van der Waals surface area contributed by atoms with Gasteiger partial charge in [0, 0.05) is 18.7 Å². The van der Waals surface area contributed by atoms with E-state index < -0.39 is 43.0 Å². The van der Waals surface area contributed by atoms with Gasteiger partial charge < -0.3 is 10.0 Å². The number of nitrogens with zero attached hydrogens (tertiary/aromatic N) is 5. The molecule has 0 bridgehead atoms. The summed E-state index contributed by atoms with van der Waals surface area (Å²) < 4.78 is 40.3. The highest BCUT2D eigenvalue weighted by Gasteiger charge is 2.53. The van der Waals surface area contributed by atoms with Gasteiger partial charge in [-0.1, -0.05) is 0 Å². The highest BCUT2D eigenvalue weighted by molar-refractivity contribution is 5.95. The number of benzene rings is 1. The molecule has 25 heavy (non-hydrogen) atoms. The number of aliphatic carboxylic acids is 1. The van der Waals surface area contributed by atoms with Gasteiger partial charge in [0.05, 0.1) is 17.5 Å². The quantitative estimate of drug-likeness (QED) is 0.881. The van der Waals surface area contributed by atoms with Crippen molar-refractivity contribution in [3.05, 3.63) is 36.2 Å². The fraction of sp³-hybridized carbons (Fsp3) is 0.357. The number of hydrogen-bond donors (Lipinski definition) is 1. The molecule has 1 N–H and O–H groups in total. The van der Waals surface area contributed by atoms with Gasteiger partial charge in [-0.25, -0.2) is 4.68 Å². The highest BCUT2D eigenvalue weighted by atomic mass is 19.4. The summed E-state index contributed by atoms with van der Waals surface area (Å²) in [6, 6.07) is 5.93. The predicted octanol–water partition coefficient (Wildman–Crippen LogP) is 0.997. The molecule has 1 aromatic carbocycles. The number of carboxylic acid groups (broad SMARTS) is 1. The van der Waals surface area contributed by atoms with Crippen LogP contribution in [-0.4, -0.2) is 61.4 Å². The van der Waals surface area contributed by atoms with Crippen molar-refractivity contribution in [2.45, 2.75) is 6.18 Å². The number of aromatic nitrogens is 4. The zero-order chi connectivity index (χ0) is 18.2. The molecule has 0 spiro atoms. The normalized spacial score (nSPS) is 20.7. The Kier molecular flexibility index (Phi) is 4.15. The lowest BCUT2D eigenvalue weighted by molar-refractivity contribution is -0.187. The first-order valence-electron chi connectivity index (χ1n) is 7.19. The third-order valence-electron chi connectivity index (χ3n) is 4.07. The molecule has 1 aliphatic rings. The molecule has 132 valence electrons. The molecule has 1 fully saturated rings.